The number of anilines is 1. The van der Waals surface area contributed by atoms with Gasteiger partial charge in [-0.05, 0) is 42.3 Å². The molecule has 2 aromatic rings. The number of carbonyl (C=O) groups is 2. The highest BCUT2D eigenvalue weighted by atomic mass is 16.5. The molecule has 0 saturated carbocycles. The van der Waals surface area contributed by atoms with E-state index in [4.69, 9.17) is 4.74 Å². The van der Waals surface area contributed by atoms with E-state index in [2.05, 4.69) is 10.3 Å². The third-order valence-electron chi connectivity index (χ3n) is 3.57. The predicted octanol–water partition coefficient (Wildman–Crippen LogP) is 1.43. The van der Waals surface area contributed by atoms with Crippen LogP contribution < -0.4 is 15.0 Å². The third kappa shape index (κ3) is 3.66. The van der Waals surface area contributed by atoms with Crippen molar-refractivity contribution in [1.82, 2.24) is 10.3 Å². The monoisotopic (exact) mass is 311 g/mol. The molecular weight excluding hydrogens is 294 g/mol. The van der Waals surface area contributed by atoms with E-state index in [1.54, 1.807) is 23.4 Å². The molecule has 0 spiro atoms. The van der Waals surface area contributed by atoms with Gasteiger partial charge in [0.05, 0.1) is 12.2 Å². The van der Waals surface area contributed by atoms with E-state index in [0.29, 0.717) is 12.3 Å². The van der Waals surface area contributed by atoms with Gasteiger partial charge < -0.3 is 15.0 Å². The Morgan fingerprint density at radius 2 is 2.09 bits per heavy atom. The quantitative estimate of drug-likeness (QED) is 0.683. The van der Waals surface area contributed by atoms with Crippen molar-refractivity contribution in [2.24, 2.45) is 0 Å². The molecule has 6 nitrogen and oxygen atoms in total. The van der Waals surface area contributed by atoms with Gasteiger partial charge in [-0.15, -0.1) is 0 Å². The molecule has 0 aliphatic carbocycles. The number of hydrogen-bond donors (Lipinski definition) is 1. The van der Waals surface area contributed by atoms with Crippen molar-refractivity contribution in [1.29, 1.82) is 0 Å². The van der Waals surface area contributed by atoms with Gasteiger partial charge in [-0.25, -0.2) is 4.79 Å². The van der Waals surface area contributed by atoms with Gasteiger partial charge in [0.25, 0.3) is 0 Å². The Balaban J connectivity index is 1.66. The van der Waals surface area contributed by atoms with Gasteiger partial charge in [0.1, 0.15) is 6.54 Å². The average Bonchev–Trinajstić information content (AvgIpc) is 2.53. The molecule has 1 aliphatic heterocycles. The molecule has 0 fully saturated rings. The van der Waals surface area contributed by atoms with Crippen molar-refractivity contribution in [3.05, 3.63) is 53.9 Å². The lowest BCUT2D eigenvalue weighted by molar-refractivity contribution is -0.133. The smallest absolute Gasteiger partial charge is 0.331 e. The van der Waals surface area contributed by atoms with Gasteiger partial charge >= 0.3 is 5.97 Å². The zero-order valence-electron chi connectivity index (χ0n) is 12.8. The number of benzene rings is 1. The molecule has 0 bridgehead atoms. The Bertz CT molecular complexity index is 731. The maximum absolute atomic E-state index is 12.1. The summed E-state index contributed by atoms with van der Waals surface area (Å²) in [6, 6.07) is 9.29. The van der Waals surface area contributed by atoms with Gasteiger partial charge in [-0.3, -0.25) is 9.78 Å². The third-order valence-corrected chi connectivity index (χ3v) is 3.57. The minimum absolute atomic E-state index is 0.0682. The lowest BCUT2D eigenvalue weighted by Gasteiger charge is -2.29. The number of fused-ring (bicyclic) bond motifs is 1. The van der Waals surface area contributed by atoms with Gasteiger partial charge in [-0.1, -0.05) is 6.07 Å². The minimum Gasteiger partial charge on any atom is -0.423 e. The summed E-state index contributed by atoms with van der Waals surface area (Å²) >= 11 is 0. The van der Waals surface area contributed by atoms with Crippen LogP contribution >= 0.6 is 0 Å². The molecule has 3 rings (SSSR count). The number of hydrogen-bond acceptors (Lipinski definition) is 5. The van der Waals surface area contributed by atoms with Gasteiger partial charge in [0.2, 0.25) is 5.91 Å². The first-order chi connectivity index (χ1) is 11.1. The van der Waals surface area contributed by atoms with E-state index in [1.807, 2.05) is 31.2 Å². The first-order valence-electron chi connectivity index (χ1n) is 7.34. The molecule has 2 heterocycles. The highest BCUT2D eigenvalue weighted by molar-refractivity contribution is 5.89. The molecule has 118 valence electrons. The average molecular weight is 311 g/mol. The summed E-state index contributed by atoms with van der Waals surface area (Å²) in [5, 5.41) is 2.84. The fraction of sp³-hybridized carbons (Fsp3) is 0.235. The molecule has 0 atom stereocenters. The zero-order valence-corrected chi connectivity index (χ0v) is 12.8. The number of aromatic nitrogens is 1. The lowest BCUT2D eigenvalue weighted by atomic mass is 10.1. The van der Waals surface area contributed by atoms with E-state index in [9.17, 15) is 9.59 Å². The molecule has 1 aromatic heterocycles. The summed E-state index contributed by atoms with van der Waals surface area (Å²) in [6.07, 6.45) is 3.36. The van der Waals surface area contributed by atoms with Crippen LogP contribution in [0, 0.1) is 6.92 Å². The maximum Gasteiger partial charge on any atom is 0.331 e. The summed E-state index contributed by atoms with van der Waals surface area (Å²) in [6.45, 7) is 2.53. The molecule has 1 N–H and O–H groups in total. The van der Waals surface area contributed by atoms with Gasteiger partial charge in [0, 0.05) is 18.9 Å². The molecule has 0 unspecified atom stereocenters. The molecular formula is C17H17N3O3. The van der Waals surface area contributed by atoms with Gasteiger partial charge in [0.15, 0.2) is 5.75 Å². The molecule has 0 radical (unpaired) electrons. The van der Waals surface area contributed by atoms with Crippen LogP contribution in [0.4, 0.5) is 5.69 Å². The number of aryl methyl sites for hydroxylation is 1. The SMILES string of the molecule is Cc1ccc2c(c1)OC(=O)CN2CC(=O)NCc1ccncc1. The minimum atomic E-state index is -0.356. The van der Waals surface area contributed by atoms with Crippen molar-refractivity contribution in [3.8, 4) is 5.75 Å². The van der Waals surface area contributed by atoms with E-state index in [1.165, 1.54) is 0 Å². The Morgan fingerprint density at radius 1 is 1.30 bits per heavy atom. The van der Waals surface area contributed by atoms with Crippen molar-refractivity contribution in [2.45, 2.75) is 13.5 Å². The fourth-order valence-corrected chi connectivity index (χ4v) is 2.43. The number of nitrogens with zero attached hydrogens (tertiary/aromatic N) is 2. The van der Waals surface area contributed by atoms with Gasteiger partial charge in [-0.2, -0.15) is 0 Å². The standard InChI is InChI=1S/C17H17N3O3/c1-12-2-3-14-15(8-12)23-17(22)11-20(14)10-16(21)19-9-13-4-6-18-7-5-13/h2-8H,9-11H2,1H3,(H,19,21). The van der Waals surface area contributed by atoms with Crippen LogP contribution in [0.2, 0.25) is 0 Å². The Labute approximate surface area is 134 Å². The van der Waals surface area contributed by atoms with Crippen LogP contribution in [-0.4, -0.2) is 29.9 Å². The van der Waals surface area contributed by atoms with Crippen LogP contribution in [0.15, 0.2) is 42.7 Å². The number of rotatable bonds is 4. The van der Waals surface area contributed by atoms with E-state index < -0.39 is 0 Å². The first-order valence-corrected chi connectivity index (χ1v) is 7.34. The van der Waals surface area contributed by atoms with Crippen LogP contribution in [0.3, 0.4) is 0 Å². The summed E-state index contributed by atoms with van der Waals surface area (Å²) in [5.41, 5.74) is 2.73. The number of nitrogens with one attached hydrogen (secondary N) is 1. The molecule has 0 saturated heterocycles. The summed E-state index contributed by atoms with van der Waals surface area (Å²) in [4.78, 5) is 29.5. The normalized spacial score (nSPS) is 13.3. The maximum atomic E-state index is 12.1. The largest absolute Gasteiger partial charge is 0.423 e. The summed E-state index contributed by atoms with van der Waals surface area (Å²) < 4.78 is 5.23. The second kappa shape index (κ2) is 6.48. The number of ether oxygens (including phenoxy) is 1. The number of amides is 1. The Kier molecular flexibility index (Phi) is 4.23. The second-order valence-corrected chi connectivity index (χ2v) is 5.43. The number of esters is 1. The Hall–Kier alpha value is -2.89. The number of carbonyl (C=O) groups excluding carboxylic acids is 2. The highest BCUT2D eigenvalue weighted by Crippen LogP contribution is 2.32. The summed E-state index contributed by atoms with van der Waals surface area (Å²) in [5.74, 6) is -0.00347. The Morgan fingerprint density at radius 3 is 2.87 bits per heavy atom. The van der Waals surface area contributed by atoms with Crippen LogP contribution in [-0.2, 0) is 16.1 Å². The molecule has 1 aliphatic rings. The van der Waals surface area contributed by atoms with E-state index >= 15 is 0 Å². The van der Waals surface area contributed by atoms with E-state index in [0.717, 1.165) is 16.8 Å². The topological polar surface area (TPSA) is 71.5 Å². The van der Waals surface area contributed by atoms with Crippen LogP contribution in [0.1, 0.15) is 11.1 Å². The lowest BCUT2D eigenvalue weighted by Crippen LogP contribution is -2.43. The highest BCUT2D eigenvalue weighted by Gasteiger charge is 2.25. The van der Waals surface area contributed by atoms with Crippen LogP contribution in [0.5, 0.6) is 5.75 Å². The summed E-state index contributed by atoms with van der Waals surface area (Å²) in [7, 11) is 0. The first kappa shape index (κ1) is 15.0. The predicted molar refractivity (Wildman–Crippen MR) is 85.1 cm³/mol. The van der Waals surface area contributed by atoms with Crippen molar-refractivity contribution in [3.63, 3.8) is 0 Å². The molecule has 6 heteroatoms. The van der Waals surface area contributed by atoms with E-state index in [-0.39, 0.29) is 25.0 Å². The molecule has 1 aromatic carbocycles. The fourth-order valence-electron chi connectivity index (χ4n) is 2.43. The molecule has 1 amide bonds. The zero-order chi connectivity index (χ0) is 16.2. The van der Waals surface area contributed by atoms with Crippen molar-refractivity contribution in [2.75, 3.05) is 18.0 Å². The van der Waals surface area contributed by atoms with Crippen molar-refractivity contribution >= 4 is 17.6 Å². The van der Waals surface area contributed by atoms with Crippen LogP contribution in [0.25, 0.3) is 0 Å². The second-order valence-electron chi connectivity index (χ2n) is 5.43. The molecule has 23 heavy (non-hydrogen) atoms. The van der Waals surface area contributed by atoms with Crippen molar-refractivity contribution < 1.29 is 14.3 Å². The number of pyridine rings is 1.